The average molecular weight is 751 g/mol. The van der Waals surface area contributed by atoms with Crippen molar-refractivity contribution in [2.75, 3.05) is 29.3 Å². The minimum Gasteiger partial charge on any atom is -0.508 e. The summed E-state index contributed by atoms with van der Waals surface area (Å²) in [4.78, 5) is 56.1. The molecular formula is C35H30BrCl2N5O5. The number of anilines is 2. The summed E-state index contributed by atoms with van der Waals surface area (Å²) >= 11 is 17.7. The van der Waals surface area contributed by atoms with Gasteiger partial charge in [0.1, 0.15) is 5.75 Å². The van der Waals surface area contributed by atoms with E-state index >= 15 is 0 Å². The summed E-state index contributed by atoms with van der Waals surface area (Å²) in [5.41, 5.74) is 3.67. The Morgan fingerprint density at radius 1 is 0.896 bits per heavy atom. The number of hydrogen-bond acceptors (Lipinski definition) is 8. The Morgan fingerprint density at radius 2 is 1.54 bits per heavy atom. The zero-order valence-electron chi connectivity index (χ0n) is 25.9. The van der Waals surface area contributed by atoms with Crippen molar-refractivity contribution in [3.8, 4) is 5.75 Å². The number of imide groups is 2. The molecule has 2 saturated heterocycles. The number of hydrogen-bond donors (Lipinski definition) is 1. The maximum Gasteiger partial charge on any atom is 0.254 e. The summed E-state index contributed by atoms with van der Waals surface area (Å²) in [6, 6.07) is 20.6. The van der Waals surface area contributed by atoms with Gasteiger partial charge in [-0.2, -0.15) is 10.2 Å². The molecule has 2 aliphatic carbocycles. The number of phenols is 1. The normalized spacial score (nSPS) is 29.6. The second-order valence-electron chi connectivity index (χ2n) is 12.7. The van der Waals surface area contributed by atoms with Crippen LogP contribution in [-0.2, 0) is 19.2 Å². The number of likely N-dealkylation sites (tertiary alicyclic amines) is 1. The lowest BCUT2D eigenvalue weighted by atomic mass is 9.56. The summed E-state index contributed by atoms with van der Waals surface area (Å²) < 4.78 is 0. The fraction of sp³-hybridized carbons (Fsp3) is 0.314. The van der Waals surface area contributed by atoms with E-state index in [2.05, 4.69) is 26.2 Å². The molecule has 2 heterocycles. The van der Waals surface area contributed by atoms with E-state index in [0.717, 1.165) is 10.6 Å². The molecule has 3 fully saturated rings. The van der Waals surface area contributed by atoms with Gasteiger partial charge in [-0.1, -0.05) is 39.7 Å². The van der Waals surface area contributed by atoms with Crippen molar-refractivity contribution in [2.45, 2.75) is 28.5 Å². The zero-order valence-corrected chi connectivity index (χ0v) is 29.0. The Kier molecular flexibility index (Phi) is 8.00. The maximum atomic E-state index is 14.3. The minimum absolute atomic E-state index is 0.0537. The number of fused-ring (bicyclic) bond motifs is 4. The fourth-order valence-corrected chi connectivity index (χ4v) is 9.11. The lowest BCUT2D eigenvalue weighted by Gasteiger charge is -2.50. The topological polar surface area (TPSA) is 123 Å². The third-order valence-corrected chi connectivity index (χ3v) is 11.9. The number of carbonyl (C=O) groups excluding carboxylic acids is 4. The molecule has 0 unspecified atom stereocenters. The van der Waals surface area contributed by atoms with Crippen LogP contribution in [0, 0.1) is 17.8 Å². The Morgan fingerprint density at radius 3 is 2.15 bits per heavy atom. The van der Waals surface area contributed by atoms with Gasteiger partial charge in [-0.15, -0.1) is 23.2 Å². The van der Waals surface area contributed by atoms with Crippen LogP contribution in [0.5, 0.6) is 5.75 Å². The number of benzene rings is 3. The average Bonchev–Trinajstić information content (AvgIpc) is 3.41. The summed E-state index contributed by atoms with van der Waals surface area (Å²) in [7, 11) is 3.91. The molecule has 1 N–H and O–H groups in total. The summed E-state index contributed by atoms with van der Waals surface area (Å²) in [6.07, 6.45) is 1.98. The molecule has 4 amide bonds. The monoisotopic (exact) mass is 749 g/mol. The van der Waals surface area contributed by atoms with Crippen molar-refractivity contribution < 1.29 is 24.3 Å². The van der Waals surface area contributed by atoms with E-state index < -0.39 is 51.1 Å². The van der Waals surface area contributed by atoms with E-state index in [9.17, 15) is 24.3 Å². The van der Waals surface area contributed by atoms with Gasteiger partial charge in [0.15, 0.2) is 9.75 Å². The Labute approximate surface area is 295 Å². The predicted octanol–water partition coefficient (Wildman–Crippen LogP) is 6.79. The number of halogens is 3. The number of aromatic hydroxyl groups is 1. The number of carbonyl (C=O) groups is 4. The highest BCUT2D eigenvalue weighted by Crippen LogP contribution is 2.65. The van der Waals surface area contributed by atoms with Crippen molar-refractivity contribution in [1.29, 1.82) is 0 Å². The van der Waals surface area contributed by atoms with Crippen LogP contribution in [0.2, 0.25) is 0 Å². The first-order valence-electron chi connectivity index (χ1n) is 15.4. The first-order chi connectivity index (χ1) is 22.9. The number of phenolic OH excluding ortho intramolecular Hbond substituents is 1. The van der Waals surface area contributed by atoms with Gasteiger partial charge in [-0.25, -0.2) is 0 Å². The number of azo groups is 1. The highest BCUT2D eigenvalue weighted by Gasteiger charge is 2.76. The second kappa shape index (κ2) is 11.8. The Bertz CT molecular complexity index is 1920. The molecule has 2 aliphatic heterocycles. The number of alkyl halides is 3. The van der Waals surface area contributed by atoms with Gasteiger partial charge in [0.2, 0.25) is 11.8 Å². The molecule has 1 saturated carbocycles. The van der Waals surface area contributed by atoms with Gasteiger partial charge in [0.25, 0.3) is 11.8 Å². The van der Waals surface area contributed by atoms with Crippen LogP contribution >= 0.6 is 39.1 Å². The lowest BCUT2D eigenvalue weighted by molar-refractivity contribution is -0.138. The molecule has 7 rings (SSSR count). The molecule has 0 aromatic heterocycles. The first kappa shape index (κ1) is 32.5. The highest BCUT2D eigenvalue weighted by molar-refractivity contribution is 9.09. The Balaban J connectivity index is 1.21. The maximum absolute atomic E-state index is 14.3. The summed E-state index contributed by atoms with van der Waals surface area (Å²) in [5, 5.41) is 19.0. The van der Waals surface area contributed by atoms with Gasteiger partial charge in [0.05, 0.1) is 34.4 Å². The van der Waals surface area contributed by atoms with Crippen LogP contribution in [-0.4, -0.2) is 62.9 Å². The number of rotatable bonds is 6. The molecule has 0 bridgehead atoms. The van der Waals surface area contributed by atoms with Gasteiger partial charge in [0, 0.05) is 25.7 Å². The summed E-state index contributed by atoms with van der Waals surface area (Å²) in [5.74, 6) is -5.28. The zero-order chi connectivity index (χ0) is 34.1. The quantitative estimate of drug-likeness (QED) is 0.0974. The van der Waals surface area contributed by atoms with Crippen molar-refractivity contribution in [1.82, 2.24) is 4.90 Å². The highest BCUT2D eigenvalue weighted by atomic mass is 79.9. The molecule has 4 aliphatic rings. The molecule has 0 spiro atoms. The minimum atomic E-state index is -1.92. The molecule has 3 aromatic carbocycles. The molecule has 48 heavy (non-hydrogen) atoms. The van der Waals surface area contributed by atoms with Crippen LogP contribution in [0.1, 0.15) is 24.3 Å². The van der Waals surface area contributed by atoms with Crippen molar-refractivity contribution in [3.05, 3.63) is 90.0 Å². The molecule has 0 radical (unpaired) electrons. The second-order valence-corrected chi connectivity index (χ2v) is 14.5. The van der Waals surface area contributed by atoms with E-state index in [1.165, 1.54) is 17.0 Å². The predicted molar refractivity (Wildman–Crippen MR) is 185 cm³/mol. The number of allylic oxidation sites excluding steroid dienone is 2. The number of nitrogens with zero attached hydrogens (tertiary/aromatic N) is 5. The van der Waals surface area contributed by atoms with E-state index in [-0.39, 0.29) is 30.0 Å². The Hall–Kier alpha value is -4.06. The van der Waals surface area contributed by atoms with Crippen LogP contribution in [0.25, 0.3) is 0 Å². The summed E-state index contributed by atoms with van der Waals surface area (Å²) in [6.45, 7) is 0. The molecule has 3 aromatic rings. The van der Waals surface area contributed by atoms with Gasteiger partial charge in [-0.05, 0) is 85.0 Å². The van der Waals surface area contributed by atoms with Crippen molar-refractivity contribution in [2.24, 2.45) is 28.0 Å². The molecule has 10 nitrogen and oxygen atoms in total. The fourth-order valence-electron chi connectivity index (χ4n) is 7.69. The first-order valence-corrected chi connectivity index (χ1v) is 17.2. The van der Waals surface area contributed by atoms with Crippen molar-refractivity contribution >= 4 is 85.5 Å². The molecular weight excluding hydrogens is 721 g/mol. The third kappa shape index (κ3) is 4.73. The van der Waals surface area contributed by atoms with E-state index in [4.69, 9.17) is 23.2 Å². The number of amides is 4. The van der Waals surface area contributed by atoms with E-state index in [0.29, 0.717) is 28.2 Å². The van der Waals surface area contributed by atoms with Crippen LogP contribution < -0.4 is 9.80 Å². The van der Waals surface area contributed by atoms with Gasteiger partial charge in [-0.3, -0.25) is 29.0 Å². The SMILES string of the molecule is CN(C)c1ccc(N=Nc2ccc(N3C(=O)[C@H]4[C@H](CC=C5[C@H]4C[C@@]4(Cl)C(=O)N(CBr)C(=O)[C@@]4(Cl)[C@H]5c4cccc(O)c4)C3=O)cc2)cc1. The standard InChI is InChI=1S/C35H30BrCl2N5O5/c1-41(2)22-10-6-20(7-11-22)39-40-21-8-12-23(13-9-21)43-30(45)26-15-14-25-27(28(26)31(43)46)17-34(37)32(47)42(18-36)33(48)35(34,38)29(25)19-4-3-5-24(44)16-19/h3-14,16,26-29,44H,15,17-18H2,1-2H3/t26-,27+,28-,29-,34+,35-/m0/s1. The largest absolute Gasteiger partial charge is 0.508 e. The smallest absolute Gasteiger partial charge is 0.254 e. The molecule has 6 atom stereocenters. The van der Waals surface area contributed by atoms with E-state index in [1.807, 2.05) is 49.3 Å². The van der Waals surface area contributed by atoms with Crippen molar-refractivity contribution in [3.63, 3.8) is 0 Å². The van der Waals surface area contributed by atoms with Crippen LogP contribution in [0.3, 0.4) is 0 Å². The molecule has 13 heteroatoms. The third-order valence-electron chi connectivity index (χ3n) is 9.97. The van der Waals surface area contributed by atoms with Crippen LogP contribution in [0.15, 0.2) is 94.7 Å². The van der Waals surface area contributed by atoms with E-state index in [1.54, 1.807) is 36.4 Å². The van der Waals surface area contributed by atoms with Gasteiger partial charge >= 0.3 is 0 Å². The van der Waals surface area contributed by atoms with Crippen LogP contribution in [0.4, 0.5) is 22.7 Å². The molecule has 246 valence electrons. The van der Waals surface area contributed by atoms with Gasteiger partial charge < -0.3 is 10.0 Å². The lowest BCUT2D eigenvalue weighted by Crippen LogP contribution is -2.60.